The Bertz CT molecular complexity index is 1070. The Balaban J connectivity index is 1.58. The van der Waals surface area contributed by atoms with E-state index in [0.29, 0.717) is 4.22 Å². The molecule has 0 aromatic heterocycles. The van der Waals surface area contributed by atoms with Crippen LogP contribution in [0.15, 0.2) is 84.9 Å². The van der Waals surface area contributed by atoms with Crippen molar-refractivity contribution in [1.29, 1.82) is 0 Å². The number of rotatable bonds is 4. The average Bonchev–Trinajstić information content (AvgIpc) is 3.27. The van der Waals surface area contributed by atoms with E-state index in [1.807, 2.05) is 0 Å². The Morgan fingerprint density at radius 2 is 1.56 bits per heavy atom. The SMILES string of the molecule is Cc1ccccc1P[C]1([Ti][CH]2C=Cc3ccccc32)C=Cc2ccccc21. The quantitative estimate of drug-likeness (QED) is 0.371. The molecule has 5 rings (SSSR count). The van der Waals surface area contributed by atoms with E-state index in [9.17, 15) is 0 Å². The molecule has 3 aromatic rings. The van der Waals surface area contributed by atoms with E-state index >= 15 is 0 Å². The van der Waals surface area contributed by atoms with Crippen molar-refractivity contribution >= 4 is 26.0 Å². The van der Waals surface area contributed by atoms with Crippen LogP contribution in [0.5, 0.6) is 0 Å². The first-order valence-corrected chi connectivity index (χ1v) is 12.1. The van der Waals surface area contributed by atoms with Crippen LogP contribution < -0.4 is 5.30 Å². The molecular weight excluding hydrogens is 379 g/mol. The van der Waals surface area contributed by atoms with Gasteiger partial charge in [-0.05, 0) is 0 Å². The van der Waals surface area contributed by atoms with Crippen LogP contribution in [0, 0.1) is 6.92 Å². The van der Waals surface area contributed by atoms with E-state index in [-0.39, 0.29) is 22.6 Å². The summed E-state index contributed by atoms with van der Waals surface area (Å²) in [6.07, 6.45) is 9.70. The number of aryl methyl sites for hydroxylation is 1. The molecule has 2 aliphatic carbocycles. The Labute approximate surface area is 172 Å². The van der Waals surface area contributed by atoms with E-state index in [1.54, 1.807) is 5.56 Å². The predicted molar refractivity (Wildman–Crippen MR) is 114 cm³/mol. The molecule has 0 saturated carbocycles. The molecule has 0 N–H and O–H groups in total. The van der Waals surface area contributed by atoms with Gasteiger partial charge in [0.1, 0.15) is 0 Å². The van der Waals surface area contributed by atoms with Crippen molar-refractivity contribution in [3.05, 3.63) is 113 Å². The molecule has 3 atom stereocenters. The Hall–Kier alpha value is -1.72. The Kier molecular flexibility index (Phi) is 4.53. The second-order valence-corrected chi connectivity index (χ2v) is 12.3. The number of hydrogen-bond donors (Lipinski definition) is 0. The summed E-state index contributed by atoms with van der Waals surface area (Å²) in [5, 5.41) is 1.51. The predicted octanol–water partition coefficient (Wildman–Crippen LogP) is 6.03. The van der Waals surface area contributed by atoms with Crippen LogP contribution in [0.4, 0.5) is 0 Å². The standard InChI is InChI=1S/C16H14P.C9H7.Ti/c1-12-6-2-5-9-15(12)17-16-11-10-13-7-3-4-8-14(13)16;1-2-5-9-7-3-6-8(9)4-1;/h2-11,17H,1H3;1-7H;. The van der Waals surface area contributed by atoms with Crippen LogP contribution in [-0.2, 0) is 22.6 Å². The van der Waals surface area contributed by atoms with Gasteiger partial charge in [-0.1, -0.05) is 0 Å². The molecule has 0 nitrogen and oxygen atoms in total. The van der Waals surface area contributed by atoms with Gasteiger partial charge in [-0.25, -0.2) is 0 Å². The van der Waals surface area contributed by atoms with Gasteiger partial charge in [-0.2, -0.15) is 0 Å². The summed E-state index contributed by atoms with van der Waals surface area (Å²) in [6, 6.07) is 26.9. The topological polar surface area (TPSA) is 0 Å². The molecule has 130 valence electrons. The van der Waals surface area contributed by atoms with Crippen LogP contribution in [0.3, 0.4) is 0 Å². The molecule has 0 amide bonds. The van der Waals surface area contributed by atoms with Crippen molar-refractivity contribution in [3.63, 3.8) is 0 Å². The van der Waals surface area contributed by atoms with Crippen molar-refractivity contribution in [1.82, 2.24) is 0 Å². The Morgan fingerprint density at radius 1 is 0.815 bits per heavy atom. The maximum atomic E-state index is 2.54. The summed E-state index contributed by atoms with van der Waals surface area (Å²) >= 11 is -0.320. The van der Waals surface area contributed by atoms with Gasteiger partial charge >= 0.3 is 173 Å². The first-order chi connectivity index (χ1) is 13.3. The summed E-state index contributed by atoms with van der Waals surface area (Å²) in [7, 11) is 0.793. The fraction of sp³-hybridized carbons (Fsp3) is 0.120. The summed E-state index contributed by atoms with van der Waals surface area (Å²) in [4.78, 5) is 0. The summed E-state index contributed by atoms with van der Waals surface area (Å²) < 4.78 is 0.809. The van der Waals surface area contributed by atoms with Gasteiger partial charge in [0, 0.05) is 0 Å². The molecule has 0 fully saturated rings. The fourth-order valence-electron chi connectivity index (χ4n) is 4.12. The van der Waals surface area contributed by atoms with Gasteiger partial charge in [-0.15, -0.1) is 0 Å². The molecule has 3 unspecified atom stereocenters. The minimum absolute atomic E-state index is 0.204. The third kappa shape index (κ3) is 3.11. The van der Waals surface area contributed by atoms with Crippen LogP contribution in [0.25, 0.3) is 12.2 Å². The van der Waals surface area contributed by atoms with Gasteiger partial charge in [-0.3, -0.25) is 0 Å². The summed E-state index contributed by atoms with van der Waals surface area (Å²) in [5.41, 5.74) is 7.32. The van der Waals surface area contributed by atoms with Gasteiger partial charge in [0.05, 0.1) is 0 Å². The number of allylic oxidation sites excluding steroid dienone is 2. The molecule has 0 aliphatic heterocycles. The number of hydrogen-bond acceptors (Lipinski definition) is 0. The minimum atomic E-state index is -0.320. The number of fused-ring (bicyclic) bond motifs is 2. The molecule has 2 heteroatoms. The van der Waals surface area contributed by atoms with Crippen LogP contribution in [0.1, 0.15) is 32.0 Å². The Morgan fingerprint density at radius 3 is 2.44 bits per heavy atom. The molecule has 3 aromatic carbocycles. The van der Waals surface area contributed by atoms with Crippen molar-refractivity contribution in [2.24, 2.45) is 0 Å². The van der Waals surface area contributed by atoms with Crippen LogP contribution >= 0.6 is 8.58 Å². The molecule has 27 heavy (non-hydrogen) atoms. The van der Waals surface area contributed by atoms with E-state index in [0.717, 1.165) is 8.58 Å². The van der Waals surface area contributed by atoms with Crippen molar-refractivity contribution < 1.29 is 19.2 Å². The van der Waals surface area contributed by atoms with E-state index in [2.05, 4.69) is 104 Å². The zero-order valence-electron chi connectivity index (χ0n) is 15.3. The zero-order chi connectivity index (χ0) is 18.3. The second-order valence-electron chi connectivity index (χ2n) is 7.28. The van der Waals surface area contributed by atoms with E-state index in [4.69, 9.17) is 0 Å². The third-order valence-electron chi connectivity index (χ3n) is 5.56. The zero-order valence-corrected chi connectivity index (χ0v) is 17.9. The van der Waals surface area contributed by atoms with Gasteiger partial charge in [0.25, 0.3) is 0 Å². The van der Waals surface area contributed by atoms with Crippen LogP contribution in [-0.4, -0.2) is 0 Å². The van der Waals surface area contributed by atoms with Crippen molar-refractivity contribution in [3.8, 4) is 0 Å². The van der Waals surface area contributed by atoms with Gasteiger partial charge in [0.15, 0.2) is 0 Å². The fourth-order valence-corrected chi connectivity index (χ4v) is 9.82. The molecule has 0 heterocycles. The van der Waals surface area contributed by atoms with E-state index < -0.39 is 0 Å². The molecule has 0 bridgehead atoms. The van der Waals surface area contributed by atoms with Gasteiger partial charge < -0.3 is 0 Å². The first kappa shape index (κ1) is 17.4. The maximum absolute atomic E-state index is 2.54. The van der Waals surface area contributed by atoms with Crippen LogP contribution in [0.2, 0.25) is 0 Å². The third-order valence-corrected chi connectivity index (χ3v) is 11.1. The second kappa shape index (κ2) is 7.03. The van der Waals surface area contributed by atoms with Crippen molar-refractivity contribution in [2.45, 2.75) is 14.6 Å². The molecule has 0 radical (unpaired) electrons. The summed E-state index contributed by atoms with van der Waals surface area (Å²) in [6.45, 7) is 2.26. The summed E-state index contributed by atoms with van der Waals surface area (Å²) in [5.74, 6) is 0. The molecule has 2 aliphatic rings. The molecule has 0 saturated heterocycles. The number of benzene rings is 3. The molecule has 0 spiro atoms. The average molecular weight is 400 g/mol. The van der Waals surface area contributed by atoms with Gasteiger partial charge in [0.2, 0.25) is 0 Å². The van der Waals surface area contributed by atoms with E-state index in [1.165, 1.54) is 27.6 Å². The monoisotopic (exact) mass is 400 g/mol. The normalized spacial score (nSPS) is 22.3. The molecular formula is C25H21PTi. The first-order valence-electron chi connectivity index (χ1n) is 9.43. The van der Waals surface area contributed by atoms with Crippen molar-refractivity contribution in [2.75, 3.05) is 0 Å².